The van der Waals surface area contributed by atoms with Crippen LogP contribution in [-0.4, -0.2) is 32.5 Å². The number of rotatable bonds is 3. The van der Waals surface area contributed by atoms with Crippen molar-refractivity contribution in [3.05, 3.63) is 41.7 Å². The van der Waals surface area contributed by atoms with Gasteiger partial charge in [-0.25, -0.2) is 4.98 Å². The maximum absolute atomic E-state index is 12.6. The Labute approximate surface area is 127 Å². The summed E-state index contributed by atoms with van der Waals surface area (Å²) in [6.07, 6.45) is 0.220. The summed E-state index contributed by atoms with van der Waals surface area (Å²) < 4.78 is 39.9. The first-order valence-corrected chi connectivity index (χ1v) is 7.38. The van der Waals surface area contributed by atoms with E-state index >= 15 is 0 Å². The molecule has 120 valence electrons. The second-order valence-corrected chi connectivity index (χ2v) is 5.84. The number of aryl methyl sites for hydroxylation is 1. The van der Waals surface area contributed by atoms with E-state index < -0.39 is 11.9 Å². The third-order valence-electron chi connectivity index (χ3n) is 4.31. The van der Waals surface area contributed by atoms with E-state index in [0.29, 0.717) is 5.82 Å². The van der Waals surface area contributed by atoms with Gasteiger partial charge in [0.2, 0.25) is 0 Å². The molecule has 1 aliphatic heterocycles. The van der Waals surface area contributed by atoms with Crippen molar-refractivity contribution >= 4 is 0 Å². The molecule has 0 bridgehead atoms. The number of aromatic nitrogens is 3. The lowest BCUT2D eigenvalue weighted by molar-refractivity contribution is -0.141. The second-order valence-electron chi connectivity index (χ2n) is 5.84. The average molecular weight is 312 g/mol. The van der Waals surface area contributed by atoms with Crippen molar-refractivity contribution in [2.75, 3.05) is 13.1 Å². The Balaban J connectivity index is 1.57. The summed E-state index contributed by atoms with van der Waals surface area (Å²) in [4.78, 5) is 8.69. The zero-order valence-corrected chi connectivity index (χ0v) is 12.4. The lowest BCUT2D eigenvalue weighted by atomic mass is 9.96. The summed E-state index contributed by atoms with van der Waals surface area (Å²) >= 11 is 0. The maximum Gasteiger partial charge on any atom is 0.432 e. The van der Waals surface area contributed by atoms with E-state index in [4.69, 9.17) is 0 Å². The second kappa shape index (κ2) is 5.79. The van der Waals surface area contributed by atoms with Crippen LogP contribution in [0.3, 0.4) is 0 Å². The number of aromatic amines is 1. The molecule has 0 aromatic carbocycles. The predicted octanol–water partition coefficient (Wildman–Crippen LogP) is 3.15. The van der Waals surface area contributed by atoms with Crippen molar-refractivity contribution in [2.24, 2.45) is 7.05 Å². The van der Waals surface area contributed by atoms with Gasteiger partial charge in [0.25, 0.3) is 0 Å². The SMILES string of the molecule is Cn1cccc1CN1CCC(c2ncc(C(F)(F)F)[nH]2)CC1. The van der Waals surface area contributed by atoms with Crippen LogP contribution in [0.4, 0.5) is 13.2 Å². The number of nitrogens with zero attached hydrogens (tertiary/aromatic N) is 3. The van der Waals surface area contributed by atoms with Gasteiger partial charge in [0.05, 0.1) is 6.20 Å². The normalized spacial score (nSPS) is 18.0. The highest BCUT2D eigenvalue weighted by atomic mass is 19.4. The number of nitrogens with one attached hydrogen (secondary N) is 1. The summed E-state index contributed by atoms with van der Waals surface area (Å²) in [6.45, 7) is 2.62. The lowest BCUT2D eigenvalue weighted by Gasteiger charge is -2.31. The largest absolute Gasteiger partial charge is 0.432 e. The van der Waals surface area contributed by atoms with Crippen LogP contribution in [0.25, 0.3) is 0 Å². The van der Waals surface area contributed by atoms with Gasteiger partial charge < -0.3 is 9.55 Å². The van der Waals surface area contributed by atoms with Crippen molar-refractivity contribution in [3.8, 4) is 0 Å². The van der Waals surface area contributed by atoms with Crippen LogP contribution in [0.5, 0.6) is 0 Å². The van der Waals surface area contributed by atoms with Crippen molar-refractivity contribution in [1.29, 1.82) is 0 Å². The molecule has 0 amide bonds. The number of alkyl halides is 3. The summed E-state index contributed by atoms with van der Waals surface area (Å²) in [5.41, 5.74) is 0.490. The van der Waals surface area contributed by atoms with Gasteiger partial charge in [-0.1, -0.05) is 0 Å². The molecule has 1 aliphatic rings. The van der Waals surface area contributed by atoms with Gasteiger partial charge in [-0.2, -0.15) is 13.2 Å². The molecule has 1 N–H and O–H groups in total. The molecule has 2 aromatic heterocycles. The monoisotopic (exact) mass is 312 g/mol. The lowest BCUT2D eigenvalue weighted by Crippen LogP contribution is -2.33. The van der Waals surface area contributed by atoms with Crippen molar-refractivity contribution in [1.82, 2.24) is 19.4 Å². The highest BCUT2D eigenvalue weighted by Gasteiger charge is 2.34. The minimum Gasteiger partial charge on any atom is -0.353 e. The zero-order valence-electron chi connectivity index (χ0n) is 12.4. The minimum absolute atomic E-state index is 0.0840. The van der Waals surface area contributed by atoms with Gasteiger partial charge in [0.15, 0.2) is 0 Å². The van der Waals surface area contributed by atoms with Crippen LogP contribution in [0, 0.1) is 0 Å². The Kier molecular flexibility index (Phi) is 3.99. The molecule has 2 aromatic rings. The van der Waals surface area contributed by atoms with Gasteiger partial charge in [-0.05, 0) is 38.1 Å². The third kappa shape index (κ3) is 3.19. The van der Waals surface area contributed by atoms with E-state index in [-0.39, 0.29) is 5.92 Å². The molecule has 22 heavy (non-hydrogen) atoms. The fourth-order valence-electron chi connectivity index (χ4n) is 2.94. The number of piperidine rings is 1. The molecular weight excluding hydrogens is 293 g/mol. The first kappa shape index (κ1) is 15.1. The maximum atomic E-state index is 12.6. The van der Waals surface area contributed by atoms with Gasteiger partial charge in [-0.15, -0.1) is 0 Å². The van der Waals surface area contributed by atoms with E-state index in [1.807, 2.05) is 19.3 Å². The summed E-state index contributed by atoms with van der Waals surface area (Å²) in [7, 11) is 2.02. The molecule has 0 atom stereocenters. The fourth-order valence-corrected chi connectivity index (χ4v) is 2.94. The zero-order chi connectivity index (χ0) is 15.7. The van der Waals surface area contributed by atoms with Crippen molar-refractivity contribution in [2.45, 2.75) is 31.5 Å². The fraction of sp³-hybridized carbons (Fsp3) is 0.533. The average Bonchev–Trinajstić information content (AvgIpc) is 3.09. The molecule has 1 fully saturated rings. The number of hydrogen-bond acceptors (Lipinski definition) is 2. The number of halogens is 3. The van der Waals surface area contributed by atoms with E-state index in [1.54, 1.807) is 0 Å². The first-order valence-electron chi connectivity index (χ1n) is 7.38. The number of likely N-dealkylation sites (tertiary alicyclic amines) is 1. The summed E-state index contributed by atoms with van der Waals surface area (Å²) in [6, 6.07) is 4.11. The van der Waals surface area contributed by atoms with E-state index in [0.717, 1.165) is 38.7 Å². The van der Waals surface area contributed by atoms with Crippen LogP contribution in [0.1, 0.15) is 36.0 Å². The van der Waals surface area contributed by atoms with Gasteiger partial charge in [0, 0.05) is 31.4 Å². The summed E-state index contributed by atoms with van der Waals surface area (Å²) in [5.74, 6) is 0.548. The van der Waals surface area contributed by atoms with E-state index in [9.17, 15) is 13.2 Å². The van der Waals surface area contributed by atoms with E-state index in [2.05, 4.69) is 25.5 Å². The molecular formula is C15H19F3N4. The first-order chi connectivity index (χ1) is 10.4. The number of imidazole rings is 1. The molecule has 7 heteroatoms. The molecule has 3 rings (SSSR count). The molecule has 0 saturated carbocycles. The molecule has 3 heterocycles. The predicted molar refractivity (Wildman–Crippen MR) is 76.3 cm³/mol. The molecule has 1 saturated heterocycles. The molecule has 0 spiro atoms. The topological polar surface area (TPSA) is 36.9 Å². The highest BCUT2D eigenvalue weighted by molar-refractivity contribution is 5.10. The van der Waals surface area contributed by atoms with E-state index in [1.165, 1.54) is 5.69 Å². The standard InChI is InChI=1S/C15H19F3N4/c1-21-6-2-3-12(21)10-22-7-4-11(5-8-22)14-19-9-13(20-14)15(16,17)18/h2-3,6,9,11H,4-5,7-8,10H2,1H3,(H,19,20). The van der Waals surface area contributed by atoms with Crippen LogP contribution < -0.4 is 0 Å². The van der Waals surface area contributed by atoms with Gasteiger partial charge >= 0.3 is 6.18 Å². The Bertz CT molecular complexity index is 621. The van der Waals surface area contributed by atoms with Gasteiger partial charge in [0.1, 0.15) is 11.5 Å². The van der Waals surface area contributed by atoms with Crippen LogP contribution >= 0.6 is 0 Å². The third-order valence-corrected chi connectivity index (χ3v) is 4.31. The quantitative estimate of drug-likeness (QED) is 0.945. The Morgan fingerprint density at radius 1 is 1.32 bits per heavy atom. The van der Waals surface area contributed by atoms with Crippen LogP contribution in [-0.2, 0) is 19.8 Å². The molecule has 0 aliphatic carbocycles. The number of hydrogen-bond donors (Lipinski definition) is 1. The Morgan fingerprint density at radius 2 is 2.05 bits per heavy atom. The van der Waals surface area contributed by atoms with Gasteiger partial charge in [-0.3, -0.25) is 4.90 Å². The van der Waals surface area contributed by atoms with Crippen LogP contribution in [0.2, 0.25) is 0 Å². The van der Waals surface area contributed by atoms with Crippen molar-refractivity contribution in [3.63, 3.8) is 0 Å². The van der Waals surface area contributed by atoms with Crippen LogP contribution in [0.15, 0.2) is 24.5 Å². The smallest absolute Gasteiger partial charge is 0.353 e. The Morgan fingerprint density at radius 3 is 2.59 bits per heavy atom. The highest BCUT2D eigenvalue weighted by Crippen LogP contribution is 2.31. The molecule has 4 nitrogen and oxygen atoms in total. The number of H-pyrrole nitrogens is 1. The Hall–Kier alpha value is -1.76. The molecule has 0 unspecified atom stereocenters. The summed E-state index contributed by atoms with van der Waals surface area (Å²) in [5, 5.41) is 0. The van der Waals surface area contributed by atoms with Crippen molar-refractivity contribution < 1.29 is 13.2 Å². The molecule has 0 radical (unpaired) electrons. The minimum atomic E-state index is -4.35.